The zero-order valence-electron chi connectivity index (χ0n) is 22.7. The Balaban J connectivity index is 1.87. The minimum atomic E-state index is -1.16. The van der Waals surface area contributed by atoms with Crippen LogP contribution in [0.3, 0.4) is 0 Å². The fraction of sp³-hybridized carbons (Fsp3) is 0.323. The lowest BCUT2D eigenvalue weighted by molar-refractivity contribution is -0.183. The summed E-state index contributed by atoms with van der Waals surface area (Å²) < 4.78 is 20.2. The highest BCUT2D eigenvalue weighted by Crippen LogP contribution is 2.44. The molecule has 1 aliphatic rings. The molecule has 0 unspecified atom stereocenters. The molecule has 0 bridgehead atoms. The van der Waals surface area contributed by atoms with E-state index in [1.807, 2.05) is 19.1 Å². The van der Waals surface area contributed by atoms with E-state index in [4.69, 9.17) is 27.9 Å². The van der Waals surface area contributed by atoms with Crippen molar-refractivity contribution in [2.45, 2.75) is 50.5 Å². The third-order valence-electron chi connectivity index (χ3n) is 7.10. The predicted molar refractivity (Wildman–Crippen MR) is 154 cm³/mol. The fourth-order valence-electron chi connectivity index (χ4n) is 5.18. The number of amides is 2. The van der Waals surface area contributed by atoms with E-state index in [1.54, 1.807) is 53.4 Å². The van der Waals surface area contributed by atoms with Crippen LogP contribution in [0, 0.1) is 5.82 Å². The second kappa shape index (κ2) is 13.5. The van der Waals surface area contributed by atoms with Gasteiger partial charge in [0.15, 0.2) is 0 Å². The number of rotatable bonds is 10. The van der Waals surface area contributed by atoms with E-state index in [1.165, 1.54) is 19.2 Å². The van der Waals surface area contributed by atoms with Gasteiger partial charge in [-0.25, -0.2) is 4.39 Å². The smallest absolute Gasteiger partial charge is 0.323 e. The van der Waals surface area contributed by atoms with Gasteiger partial charge in [0.1, 0.15) is 30.6 Å². The zero-order valence-corrected chi connectivity index (χ0v) is 24.2. The van der Waals surface area contributed by atoms with Crippen molar-refractivity contribution in [1.29, 1.82) is 0 Å². The Kier molecular flexibility index (Phi) is 10.0. The first-order valence-corrected chi connectivity index (χ1v) is 14.0. The first-order valence-electron chi connectivity index (χ1n) is 13.3. The molecule has 0 saturated carbocycles. The molecule has 3 aromatic rings. The van der Waals surface area contributed by atoms with E-state index in [0.717, 1.165) is 10.5 Å². The number of ether oxygens (including phenoxy) is 1. The number of morpholine rings is 1. The molecule has 1 aliphatic heterocycles. The van der Waals surface area contributed by atoms with E-state index in [0.29, 0.717) is 34.0 Å². The molecular weight excluding hydrogens is 570 g/mol. The molecule has 0 radical (unpaired) electrons. The molecule has 0 aromatic heterocycles. The van der Waals surface area contributed by atoms with Crippen LogP contribution in [0.2, 0.25) is 10.0 Å². The van der Waals surface area contributed by atoms with Crippen molar-refractivity contribution < 1.29 is 28.6 Å². The zero-order chi connectivity index (χ0) is 29.7. The maximum absolute atomic E-state index is 14.3. The van der Waals surface area contributed by atoms with Gasteiger partial charge in [-0.15, -0.1) is 0 Å². The Labute approximate surface area is 248 Å². The number of likely N-dealkylation sites (N-methyl/N-ethyl adjacent to an activating group) is 1. The highest BCUT2D eigenvalue weighted by molar-refractivity contribution is 6.30. The molecule has 41 heavy (non-hydrogen) atoms. The van der Waals surface area contributed by atoms with Crippen LogP contribution >= 0.6 is 23.2 Å². The van der Waals surface area contributed by atoms with E-state index < -0.39 is 54.4 Å². The highest BCUT2D eigenvalue weighted by atomic mass is 35.5. The van der Waals surface area contributed by atoms with Gasteiger partial charge in [0.25, 0.3) is 5.91 Å². The Bertz CT molecular complexity index is 1370. The lowest BCUT2D eigenvalue weighted by Gasteiger charge is -2.48. The summed E-state index contributed by atoms with van der Waals surface area (Å²) >= 11 is 12.4. The number of aliphatic carboxylic acids is 1. The molecule has 1 saturated heterocycles. The first-order chi connectivity index (χ1) is 19.6. The van der Waals surface area contributed by atoms with Gasteiger partial charge in [-0.1, -0.05) is 72.9 Å². The first kappa shape index (κ1) is 30.5. The Morgan fingerprint density at radius 1 is 0.976 bits per heavy atom. The summed E-state index contributed by atoms with van der Waals surface area (Å²) in [4.78, 5) is 42.2. The predicted octanol–water partition coefficient (Wildman–Crippen LogP) is 6.10. The van der Waals surface area contributed by atoms with Crippen LogP contribution in [0.5, 0.6) is 0 Å². The van der Waals surface area contributed by atoms with Crippen LogP contribution in [0.25, 0.3) is 0 Å². The van der Waals surface area contributed by atoms with Crippen molar-refractivity contribution in [2.75, 3.05) is 13.6 Å². The molecule has 216 valence electrons. The summed E-state index contributed by atoms with van der Waals surface area (Å²) in [7, 11) is 1.41. The summed E-state index contributed by atoms with van der Waals surface area (Å²) in [5.41, 5.74) is 2.11. The summed E-state index contributed by atoms with van der Waals surface area (Å²) in [5.74, 6) is -2.47. The lowest BCUT2D eigenvalue weighted by Crippen LogP contribution is -2.59. The highest BCUT2D eigenvalue weighted by Gasteiger charge is 2.48. The number of halogens is 3. The maximum atomic E-state index is 14.3. The van der Waals surface area contributed by atoms with Crippen LogP contribution in [0.4, 0.5) is 4.39 Å². The molecule has 7 nitrogen and oxygen atoms in total. The van der Waals surface area contributed by atoms with Crippen molar-refractivity contribution in [3.8, 4) is 0 Å². The third-order valence-corrected chi connectivity index (χ3v) is 7.61. The molecule has 0 aliphatic carbocycles. The Morgan fingerprint density at radius 3 is 2.07 bits per heavy atom. The Morgan fingerprint density at radius 2 is 1.54 bits per heavy atom. The Hall–Kier alpha value is -3.46. The molecule has 4 atom stereocenters. The molecular formula is C31H31Cl2FN2O5. The summed E-state index contributed by atoms with van der Waals surface area (Å²) in [6, 6.07) is 18.2. The van der Waals surface area contributed by atoms with E-state index in [-0.39, 0.29) is 6.42 Å². The second-order valence-electron chi connectivity index (χ2n) is 10.1. The summed E-state index contributed by atoms with van der Waals surface area (Å²) in [6.45, 7) is 1.38. The third kappa shape index (κ3) is 7.25. The number of nitrogens with zero attached hydrogens (tertiary/aromatic N) is 2. The standard InChI is InChI=1S/C31H31Cl2FN2O5/c1-3-4-25(30(39)35(2)18-27(37)38)36-28(20-7-11-22(32)12-8-20)29(21-9-13-23(33)14-10-21)41-26(31(36)40)17-19-5-15-24(34)16-6-19/h5-16,25-26,28-29H,3-4,17-18H2,1-2H3,(H,37,38)/t25-,26+,28-,29+/m1/s1. The van der Waals surface area contributed by atoms with E-state index in [2.05, 4.69) is 0 Å². The largest absolute Gasteiger partial charge is 0.480 e. The van der Waals surface area contributed by atoms with Crippen molar-refractivity contribution in [3.63, 3.8) is 0 Å². The summed E-state index contributed by atoms with van der Waals surface area (Å²) in [5, 5.41) is 10.4. The van der Waals surface area contributed by atoms with Gasteiger partial charge >= 0.3 is 5.97 Å². The number of hydrogen-bond acceptors (Lipinski definition) is 4. The topological polar surface area (TPSA) is 87.2 Å². The van der Waals surface area contributed by atoms with Crippen LogP contribution in [0.15, 0.2) is 72.8 Å². The van der Waals surface area contributed by atoms with Gasteiger partial charge < -0.3 is 19.6 Å². The van der Waals surface area contributed by atoms with Crippen molar-refractivity contribution in [1.82, 2.24) is 9.80 Å². The molecule has 10 heteroatoms. The monoisotopic (exact) mass is 600 g/mol. The minimum Gasteiger partial charge on any atom is -0.480 e. The van der Waals surface area contributed by atoms with Gasteiger partial charge in [-0.05, 0) is 59.5 Å². The number of carboxylic acid groups (broad SMARTS) is 1. The number of carbonyl (C=O) groups is 3. The molecule has 1 fully saturated rings. The molecule has 4 rings (SSSR count). The number of carbonyl (C=O) groups excluding carboxylic acids is 2. The molecule has 2 amide bonds. The average molecular weight is 602 g/mol. The van der Waals surface area contributed by atoms with Crippen LogP contribution in [0.1, 0.15) is 48.6 Å². The van der Waals surface area contributed by atoms with Gasteiger partial charge in [0.05, 0.1) is 6.04 Å². The van der Waals surface area contributed by atoms with Crippen molar-refractivity contribution in [2.24, 2.45) is 0 Å². The van der Waals surface area contributed by atoms with Gasteiger partial charge in [0, 0.05) is 23.5 Å². The normalized spacial score (nSPS) is 19.6. The number of carboxylic acids is 1. The van der Waals surface area contributed by atoms with Crippen LogP contribution < -0.4 is 0 Å². The number of benzene rings is 3. The fourth-order valence-corrected chi connectivity index (χ4v) is 5.43. The van der Waals surface area contributed by atoms with Gasteiger partial charge in [-0.3, -0.25) is 14.4 Å². The van der Waals surface area contributed by atoms with E-state index in [9.17, 15) is 23.9 Å². The SMILES string of the molecule is CCC[C@H](C(=O)N(C)CC(=O)O)N1C(=O)[C@H](Cc2ccc(F)cc2)O[C@@H](c2ccc(Cl)cc2)[C@H]1c1ccc(Cl)cc1. The minimum absolute atomic E-state index is 0.144. The molecule has 1 heterocycles. The molecule has 0 spiro atoms. The quantitative estimate of drug-likeness (QED) is 0.304. The van der Waals surface area contributed by atoms with Gasteiger partial charge in [0.2, 0.25) is 5.91 Å². The average Bonchev–Trinajstić information content (AvgIpc) is 2.94. The van der Waals surface area contributed by atoms with Crippen molar-refractivity contribution in [3.05, 3.63) is 105 Å². The van der Waals surface area contributed by atoms with Crippen LogP contribution in [-0.2, 0) is 25.5 Å². The molecule has 3 aromatic carbocycles. The second-order valence-corrected chi connectivity index (χ2v) is 10.9. The number of hydrogen-bond donors (Lipinski definition) is 1. The van der Waals surface area contributed by atoms with Crippen LogP contribution in [-0.4, -0.2) is 58.4 Å². The summed E-state index contributed by atoms with van der Waals surface area (Å²) in [6.07, 6.45) is -0.709. The van der Waals surface area contributed by atoms with E-state index >= 15 is 0 Å². The maximum Gasteiger partial charge on any atom is 0.323 e. The molecule has 1 N–H and O–H groups in total. The van der Waals surface area contributed by atoms with Gasteiger partial charge in [-0.2, -0.15) is 0 Å². The lowest BCUT2D eigenvalue weighted by atomic mass is 9.88. The van der Waals surface area contributed by atoms with Crippen molar-refractivity contribution >= 4 is 41.0 Å².